The van der Waals surface area contributed by atoms with Gasteiger partial charge in [0.1, 0.15) is 5.82 Å². The number of aromatic nitrogens is 1. The predicted molar refractivity (Wildman–Crippen MR) is 91.1 cm³/mol. The largest absolute Gasteiger partial charge is 0.354 e. The Morgan fingerprint density at radius 1 is 1.43 bits per heavy atom. The van der Waals surface area contributed by atoms with Crippen LogP contribution in [-0.2, 0) is 6.54 Å². The van der Waals surface area contributed by atoms with E-state index >= 15 is 0 Å². The average molecular weight is 310 g/mol. The minimum absolute atomic E-state index is 0.651. The molecule has 0 spiro atoms. The normalized spacial score (nSPS) is 14.7. The Balaban J connectivity index is 2.04. The maximum Gasteiger partial charge on any atom is 0.129 e. The Morgan fingerprint density at radius 3 is 2.81 bits per heavy atom. The molecule has 0 atom stereocenters. The second-order valence-electron chi connectivity index (χ2n) is 6.44. The lowest BCUT2D eigenvalue weighted by molar-refractivity contribution is 0.552. The summed E-state index contributed by atoms with van der Waals surface area (Å²) in [5.74, 6) is 1.74. The number of nitrogens with zero attached hydrogens (tertiary/aromatic N) is 2. The topological polar surface area (TPSA) is 28.2 Å². The first-order valence-corrected chi connectivity index (χ1v) is 8.61. The lowest BCUT2D eigenvalue weighted by Gasteiger charge is -2.24. The Labute approximate surface area is 134 Å². The van der Waals surface area contributed by atoms with Gasteiger partial charge in [-0.15, -0.1) is 0 Å². The van der Waals surface area contributed by atoms with Crippen LogP contribution in [-0.4, -0.2) is 24.1 Å². The third-order valence-corrected chi connectivity index (χ3v) is 4.16. The minimum Gasteiger partial charge on any atom is -0.354 e. The number of nitrogens with one attached hydrogen (secondary N) is 1. The smallest absolute Gasteiger partial charge is 0.129 e. The molecule has 21 heavy (non-hydrogen) atoms. The Morgan fingerprint density at radius 2 is 2.19 bits per heavy atom. The highest BCUT2D eigenvalue weighted by atomic mass is 35.5. The van der Waals surface area contributed by atoms with E-state index in [1.165, 1.54) is 25.7 Å². The zero-order valence-electron chi connectivity index (χ0n) is 13.5. The van der Waals surface area contributed by atoms with Crippen LogP contribution in [0.15, 0.2) is 12.3 Å². The predicted octanol–water partition coefficient (Wildman–Crippen LogP) is 4.25. The molecule has 1 heterocycles. The molecular weight excluding hydrogens is 282 g/mol. The van der Waals surface area contributed by atoms with Gasteiger partial charge in [-0.2, -0.15) is 0 Å². The Kier molecular flexibility index (Phi) is 6.31. The summed E-state index contributed by atoms with van der Waals surface area (Å²) in [4.78, 5) is 7.03. The number of hydrogen-bond donors (Lipinski definition) is 1. The molecule has 3 nitrogen and oxygen atoms in total. The maximum absolute atomic E-state index is 6.29. The van der Waals surface area contributed by atoms with Crippen LogP contribution in [0, 0.1) is 5.92 Å². The van der Waals surface area contributed by atoms with Crippen LogP contribution < -0.4 is 10.2 Å². The first-order chi connectivity index (χ1) is 10.1. The van der Waals surface area contributed by atoms with E-state index in [4.69, 9.17) is 11.6 Å². The van der Waals surface area contributed by atoms with Gasteiger partial charge in [0.15, 0.2) is 0 Å². The Bertz CT molecular complexity index is 444. The van der Waals surface area contributed by atoms with Crippen molar-refractivity contribution in [1.82, 2.24) is 10.3 Å². The molecular formula is C17H28ClN3. The summed E-state index contributed by atoms with van der Waals surface area (Å²) in [6.07, 6.45) is 6.86. The summed E-state index contributed by atoms with van der Waals surface area (Å²) < 4.78 is 0. The number of pyridine rings is 1. The van der Waals surface area contributed by atoms with Gasteiger partial charge in [-0.3, -0.25) is 0 Å². The van der Waals surface area contributed by atoms with Crippen molar-refractivity contribution in [3.63, 3.8) is 0 Å². The van der Waals surface area contributed by atoms with E-state index in [0.29, 0.717) is 12.0 Å². The summed E-state index contributed by atoms with van der Waals surface area (Å²) in [5, 5.41) is 4.23. The van der Waals surface area contributed by atoms with Crippen LogP contribution in [0.5, 0.6) is 0 Å². The van der Waals surface area contributed by atoms with Crippen molar-refractivity contribution < 1.29 is 0 Å². The van der Waals surface area contributed by atoms with E-state index in [0.717, 1.165) is 36.0 Å². The molecule has 4 heteroatoms. The standard InChI is InChI=1S/C17H28ClN3/c1-4-5-8-21(15-6-7-15)17-9-14(16(18)12-20-17)11-19-10-13(2)3/h9,12-13,15,19H,4-8,10-11H2,1-3H3. The third kappa shape index (κ3) is 5.15. The number of unbranched alkanes of at least 4 members (excludes halogenated alkanes) is 1. The van der Waals surface area contributed by atoms with E-state index in [9.17, 15) is 0 Å². The highest BCUT2D eigenvalue weighted by Gasteiger charge is 2.29. The summed E-state index contributed by atoms with van der Waals surface area (Å²) >= 11 is 6.29. The molecule has 2 rings (SSSR count). The van der Waals surface area contributed by atoms with Crippen LogP contribution in [0.4, 0.5) is 5.82 Å². The number of hydrogen-bond acceptors (Lipinski definition) is 3. The fourth-order valence-corrected chi connectivity index (χ4v) is 2.62. The van der Waals surface area contributed by atoms with Crippen molar-refractivity contribution >= 4 is 17.4 Å². The summed E-state index contributed by atoms with van der Waals surface area (Å²) in [7, 11) is 0. The third-order valence-electron chi connectivity index (χ3n) is 3.82. The van der Waals surface area contributed by atoms with Crippen LogP contribution >= 0.6 is 11.6 Å². The molecule has 1 aliphatic carbocycles. The molecule has 0 radical (unpaired) electrons. The molecule has 1 fully saturated rings. The lowest BCUT2D eigenvalue weighted by Crippen LogP contribution is -2.28. The van der Waals surface area contributed by atoms with Crippen LogP contribution in [0.25, 0.3) is 0 Å². The van der Waals surface area contributed by atoms with Gasteiger partial charge in [0.2, 0.25) is 0 Å². The molecule has 1 aromatic rings. The first-order valence-electron chi connectivity index (χ1n) is 8.23. The van der Waals surface area contributed by atoms with Crippen molar-refractivity contribution in [3.05, 3.63) is 22.8 Å². The van der Waals surface area contributed by atoms with Crippen LogP contribution in [0.3, 0.4) is 0 Å². The number of anilines is 1. The number of rotatable bonds is 9. The molecule has 1 N–H and O–H groups in total. The van der Waals surface area contributed by atoms with E-state index < -0.39 is 0 Å². The van der Waals surface area contributed by atoms with E-state index in [-0.39, 0.29) is 0 Å². The van der Waals surface area contributed by atoms with E-state index in [1.54, 1.807) is 0 Å². The quantitative estimate of drug-likeness (QED) is 0.739. The Hall–Kier alpha value is -0.800. The maximum atomic E-state index is 6.29. The van der Waals surface area contributed by atoms with Crippen LogP contribution in [0.1, 0.15) is 52.0 Å². The van der Waals surface area contributed by atoms with Gasteiger partial charge in [-0.1, -0.05) is 38.8 Å². The molecule has 1 saturated carbocycles. The summed E-state index contributed by atoms with van der Waals surface area (Å²) in [6.45, 7) is 9.60. The van der Waals surface area contributed by atoms with Crippen molar-refractivity contribution in [3.8, 4) is 0 Å². The zero-order chi connectivity index (χ0) is 15.2. The fraction of sp³-hybridized carbons (Fsp3) is 0.706. The average Bonchev–Trinajstić information content (AvgIpc) is 3.26. The van der Waals surface area contributed by atoms with Crippen LogP contribution in [0.2, 0.25) is 5.02 Å². The molecule has 118 valence electrons. The van der Waals surface area contributed by atoms with E-state index in [1.807, 2.05) is 6.20 Å². The second-order valence-corrected chi connectivity index (χ2v) is 6.84. The van der Waals surface area contributed by atoms with E-state index in [2.05, 4.69) is 42.0 Å². The lowest BCUT2D eigenvalue weighted by atomic mass is 10.2. The summed E-state index contributed by atoms with van der Waals surface area (Å²) in [5.41, 5.74) is 1.16. The molecule has 0 aromatic carbocycles. The zero-order valence-corrected chi connectivity index (χ0v) is 14.3. The minimum atomic E-state index is 0.651. The van der Waals surface area contributed by atoms with Crippen molar-refractivity contribution in [2.75, 3.05) is 18.0 Å². The van der Waals surface area contributed by atoms with Crippen molar-refractivity contribution in [2.24, 2.45) is 5.92 Å². The van der Waals surface area contributed by atoms with Gasteiger partial charge >= 0.3 is 0 Å². The monoisotopic (exact) mass is 309 g/mol. The van der Waals surface area contributed by atoms with Crippen molar-refractivity contribution in [2.45, 2.75) is 59.0 Å². The van der Waals surface area contributed by atoms with Gasteiger partial charge in [0, 0.05) is 25.3 Å². The number of halogens is 1. The SMILES string of the molecule is CCCCN(c1cc(CNCC(C)C)c(Cl)cn1)C1CC1. The van der Waals surface area contributed by atoms with Gasteiger partial charge in [0.05, 0.1) is 5.02 Å². The van der Waals surface area contributed by atoms with Gasteiger partial charge in [-0.05, 0) is 43.4 Å². The molecule has 1 aromatic heterocycles. The molecule has 0 unspecified atom stereocenters. The first kappa shape index (κ1) is 16.6. The molecule has 0 saturated heterocycles. The van der Waals surface area contributed by atoms with Gasteiger partial charge in [-0.25, -0.2) is 4.98 Å². The van der Waals surface area contributed by atoms with Gasteiger partial charge < -0.3 is 10.2 Å². The highest BCUT2D eigenvalue weighted by molar-refractivity contribution is 6.31. The second kappa shape index (κ2) is 8.00. The fourth-order valence-electron chi connectivity index (χ4n) is 2.45. The summed E-state index contributed by atoms with van der Waals surface area (Å²) in [6, 6.07) is 2.87. The molecule has 0 aliphatic heterocycles. The highest BCUT2D eigenvalue weighted by Crippen LogP contribution is 2.32. The van der Waals surface area contributed by atoms with Gasteiger partial charge in [0.25, 0.3) is 0 Å². The molecule has 0 amide bonds. The molecule has 0 bridgehead atoms. The molecule has 1 aliphatic rings. The van der Waals surface area contributed by atoms with Crippen molar-refractivity contribution in [1.29, 1.82) is 0 Å².